The maximum Gasteiger partial charge on any atom is 0.248 e. The summed E-state index contributed by atoms with van der Waals surface area (Å²) in [5.41, 5.74) is -0.115. The Morgan fingerprint density at radius 3 is 2.69 bits per heavy atom. The molecule has 2 unspecified atom stereocenters. The lowest BCUT2D eigenvalue weighted by atomic mass is 10.1. The smallest absolute Gasteiger partial charge is 0.248 e. The molecule has 0 aliphatic heterocycles. The highest BCUT2D eigenvalue weighted by Gasteiger charge is 2.54. The first-order valence-corrected chi connectivity index (χ1v) is 9.56. The van der Waals surface area contributed by atoms with E-state index in [0.29, 0.717) is 12.1 Å². The molecule has 0 bridgehead atoms. The number of allylic oxidation sites excluding steroid dienone is 3. The van der Waals surface area contributed by atoms with Gasteiger partial charge in [-0.1, -0.05) is 30.4 Å². The summed E-state index contributed by atoms with van der Waals surface area (Å²) in [5.74, 6) is -0.575. The molecule has 134 valence electrons. The van der Waals surface area contributed by atoms with Crippen LogP contribution in [-0.4, -0.2) is 16.7 Å². The molecule has 0 radical (unpaired) electrons. The molecular weight excluding hydrogens is 465 g/mol. The van der Waals surface area contributed by atoms with Gasteiger partial charge >= 0.3 is 0 Å². The molecule has 26 heavy (non-hydrogen) atoms. The SMILES string of the molecule is O=C(/C=C/C=C/C1(F)CC1c1ccc(Br)c(Br)c1)Nc1ccccc1O. The van der Waals surface area contributed by atoms with Gasteiger partial charge < -0.3 is 10.4 Å². The molecule has 3 rings (SSSR count). The average Bonchev–Trinajstić information content (AvgIpc) is 3.28. The molecule has 2 aromatic carbocycles. The summed E-state index contributed by atoms with van der Waals surface area (Å²) in [7, 11) is 0. The van der Waals surface area contributed by atoms with Gasteiger partial charge in [0.05, 0.1) is 5.69 Å². The number of carbonyl (C=O) groups is 1. The van der Waals surface area contributed by atoms with Crippen LogP contribution in [0.3, 0.4) is 0 Å². The van der Waals surface area contributed by atoms with Crippen LogP contribution in [0, 0.1) is 0 Å². The second-order valence-electron chi connectivity index (χ2n) is 6.08. The van der Waals surface area contributed by atoms with Crippen LogP contribution < -0.4 is 5.32 Å². The summed E-state index contributed by atoms with van der Waals surface area (Å²) < 4.78 is 16.6. The number of benzene rings is 2. The average molecular weight is 481 g/mol. The molecule has 6 heteroatoms. The summed E-state index contributed by atoms with van der Waals surface area (Å²) in [6, 6.07) is 12.2. The van der Waals surface area contributed by atoms with Crippen molar-refractivity contribution in [1.29, 1.82) is 0 Å². The van der Waals surface area contributed by atoms with E-state index in [1.165, 1.54) is 24.3 Å². The number of aromatic hydroxyl groups is 1. The van der Waals surface area contributed by atoms with Gasteiger partial charge in [-0.2, -0.15) is 0 Å². The largest absolute Gasteiger partial charge is 0.506 e. The van der Waals surface area contributed by atoms with E-state index < -0.39 is 11.6 Å². The van der Waals surface area contributed by atoms with E-state index in [1.54, 1.807) is 24.3 Å². The number of phenols is 1. The van der Waals surface area contributed by atoms with Crippen molar-refractivity contribution in [1.82, 2.24) is 0 Å². The number of carbonyl (C=O) groups excluding carboxylic acids is 1. The number of amides is 1. The fourth-order valence-corrected chi connectivity index (χ4v) is 3.32. The van der Waals surface area contributed by atoms with Gasteiger partial charge in [-0.25, -0.2) is 4.39 Å². The number of para-hydroxylation sites is 2. The lowest BCUT2D eigenvalue weighted by Crippen LogP contribution is -2.07. The Kier molecular flexibility index (Phi) is 5.63. The zero-order chi connectivity index (χ0) is 18.7. The second-order valence-corrected chi connectivity index (χ2v) is 7.79. The van der Waals surface area contributed by atoms with Gasteiger partial charge in [0, 0.05) is 20.9 Å². The lowest BCUT2D eigenvalue weighted by molar-refractivity contribution is -0.111. The predicted octanol–water partition coefficient (Wildman–Crippen LogP) is 5.86. The highest BCUT2D eigenvalue weighted by molar-refractivity contribution is 9.13. The Balaban J connectivity index is 1.57. The van der Waals surface area contributed by atoms with Crippen LogP contribution in [0.5, 0.6) is 5.75 Å². The standard InChI is InChI=1S/C20H16Br2FNO2/c21-15-9-8-13(11-16(15)22)14-12-20(14,23)10-4-3-7-19(26)24-17-5-1-2-6-18(17)25/h1-11,14,25H,12H2,(H,24,26)/b7-3+,10-4+. The van der Waals surface area contributed by atoms with Gasteiger partial charge in [-0.3, -0.25) is 4.79 Å². The van der Waals surface area contributed by atoms with E-state index in [2.05, 4.69) is 37.2 Å². The summed E-state index contributed by atoms with van der Waals surface area (Å²) >= 11 is 6.83. The van der Waals surface area contributed by atoms with Crippen LogP contribution >= 0.6 is 31.9 Å². The number of hydrogen-bond acceptors (Lipinski definition) is 2. The first-order valence-electron chi connectivity index (χ1n) is 7.98. The maximum absolute atomic E-state index is 14.7. The van der Waals surface area contributed by atoms with Gasteiger partial charge in [0.1, 0.15) is 11.4 Å². The van der Waals surface area contributed by atoms with Gasteiger partial charge in [-0.05, 0) is 74.2 Å². The molecule has 2 N–H and O–H groups in total. The van der Waals surface area contributed by atoms with Crippen LogP contribution in [0.25, 0.3) is 0 Å². The van der Waals surface area contributed by atoms with Crippen molar-refractivity contribution in [3.8, 4) is 5.75 Å². The monoisotopic (exact) mass is 479 g/mol. The predicted molar refractivity (Wildman–Crippen MR) is 108 cm³/mol. The molecule has 0 aromatic heterocycles. The molecule has 1 amide bonds. The maximum atomic E-state index is 14.7. The second kappa shape index (κ2) is 7.76. The molecular formula is C20H16Br2FNO2. The summed E-state index contributed by atoms with van der Waals surface area (Å²) in [5, 5.41) is 12.2. The summed E-state index contributed by atoms with van der Waals surface area (Å²) in [4.78, 5) is 11.8. The van der Waals surface area contributed by atoms with Gasteiger partial charge in [-0.15, -0.1) is 0 Å². The van der Waals surface area contributed by atoms with E-state index in [0.717, 1.165) is 14.5 Å². The van der Waals surface area contributed by atoms with Crippen molar-refractivity contribution >= 4 is 43.5 Å². The Labute approximate surface area is 167 Å². The molecule has 0 heterocycles. The van der Waals surface area contributed by atoms with Crippen LogP contribution in [0.15, 0.2) is 75.7 Å². The summed E-state index contributed by atoms with van der Waals surface area (Å²) in [6.07, 6.45) is 6.23. The van der Waals surface area contributed by atoms with Crippen molar-refractivity contribution in [2.75, 3.05) is 5.32 Å². The summed E-state index contributed by atoms with van der Waals surface area (Å²) in [6.45, 7) is 0. The highest BCUT2D eigenvalue weighted by Crippen LogP contribution is 2.56. The number of alkyl halides is 1. The Morgan fingerprint density at radius 2 is 1.96 bits per heavy atom. The number of hydrogen-bond donors (Lipinski definition) is 2. The minimum Gasteiger partial charge on any atom is -0.506 e. The van der Waals surface area contributed by atoms with Gasteiger partial charge in [0.25, 0.3) is 0 Å². The van der Waals surface area contributed by atoms with Gasteiger partial charge in [0.15, 0.2) is 0 Å². The zero-order valence-electron chi connectivity index (χ0n) is 13.6. The molecule has 3 nitrogen and oxygen atoms in total. The fourth-order valence-electron chi connectivity index (χ4n) is 2.67. The molecule has 0 spiro atoms. The van der Waals surface area contributed by atoms with Crippen LogP contribution in [0.4, 0.5) is 10.1 Å². The van der Waals surface area contributed by atoms with E-state index >= 15 is 0 Å². The molecule has 1 aliphatic carbocycles. The van der Waals surface area contributed by atoms with Crippen molar-refractivity contribution in [3.05, 3.63) is 81.3 Å². The third-order valence-corrected chi connectivity index (χ3v) is 6.06. The number of halogens is 3. The van der Waals surface area contributed by atoms with Crippen molar-refractivity contribution < 1.29 is 14.3 Å². The number of nitrogens with one attached hydrogen (secondary N) is 1. The van der Waals surface area contributed by atoms with E-state index in [9.17, 15) is 14.3 Å². The third kappa shape index (κ3) is 4.43. The molecule has 2 atom stereocenters. The number of phenolic OH excluding ortho intramolecular Hbond substituents is 1. The topological polar surface area (TPSA) is 49.3 Å². The van der Waals surface area contributed by atoms with Crippen LogP contribution in [0.2, 0.25) is 0 Å². The molecule has 1 saturated carbocycles. The third-order valence-electron chi connectivity index (χ3n) is 4.18. The molecule has 0 saturated heterocycles. The quantitative estimate of drug-likeness (QED) is 0.319. The van der Waals surface area contributed by atoms with E-state index in [1.807, 2.05) is 18.2 Å². The Morgan fingerprint density at radius 1 is 1.19 bits per heavy atom. The Hall–Kier alpha value is -1.92. The van der Waals surface area contributed by atoms with E-state index in [-0.39, 0.29) is 11.7 Å². The molecule has 2 aromatic rings. The molecule has 1 aliphatic rings. The fraction of sp³-hybridized carbons (Fsp3) is 0.150. The first-order chi connectivity index (χ1) is 12.4. The van der Waals surface area contributed by atoms with Crippen LogP contribution in [-0.2, 0) is 4.79 Å². The first kappa shape index (κ1) is 18.9. The highest BCUT2D eigenvalue weighted by atomic mass is 79.9. The van der Waals surface area contributed by atoms with Gasteiger partial charge in [0.2, 0.25) is 5.91 Å². The van der Waals surface area contributed by atoms with Crippen molar-refractivity contribution in [2.24, 2.45) is 0 Å². The van der Waals surface area contributed by atoms with Crippen LogP contribution in [0.1, 0.15) is 17.9 Å². The zero-order valence-corrected chi connectivity index (χ0v) is 16.8. The van der Waals surface area contributed by atoms with Crippen molar-refractivity contribution in [3.63, 3.8) is 0 Å². The van der Waals surface area contributed by atoms with E-state index in [4.69, 9.17) is 0 Å². The minimum absolute atomic E-state index is 0.00557. The number of rotatable bonds is 5. The normalized spacial score (nSPS) is 22.0. The Bertz CT molecular complexity index is 897. The van der Waals surface area contributed by atoms with Crippen molar-refractivity contribution in [2.45, 2.75) is 18.0 Å². The lowest BCUT2D eigenvalue weighted by Gasteiger charge is -2.04. The molecule has 1 fully saturated rings. The number of anilines is 1. The minimum atomic E-state index is -1.38.